The van der Waals surface area contributed by atoms with E-state index in [1.165, 1.54) is 12.1 Å². The fourth-order valence-electron chi connectivity index (χ4n) is 1.19. The summed E-state index contributed by atoms with van der Waals surface area (Å²) in [7, 11) is -3.54. The molecule has 0 aliphatic heterocycles. The molecule has 16 heavy (non-hydrogen) atoms. The molecule has 4 nitrogen and oxygen atoms in total. The van der Waals surface area contributed by atoms with Crippen LogP contribution in [-0.2, 0) is 16.6 Å². The standard InChI is InChI=1S/C10H15FN2O2S/c1-2-5-13-16(14,15)9-3-4-10(11)8(6-9)7-12/h3-4,6,13H,2,5,7,12H2,1H3. The Labute approximate surface area is 94.7 Å². The topological polar surface area (TPSA) is 72.2 Å². The van der Waals surface area contributed by atoms with Gasteiger partial charge in [0.2, 0.25) is 10.0 Å². The van der Waals surface area contributed by atoms with Crippen molar-refractivity contribution in [2.75, 3.05) is 6.54 Å². The average molecular weight is 246 g/mol. The van der Waals surface area contributed by atoms with E-state index < -0.39 is 15.8 Å². The fourth-order valence-corrected chi connectivity index (χ4v) is 2.38. The van der Waals surface area contributed by atoms with Crippen molar-refractivity contribution in [1.29, 1.82) is 0 Å². The van der Waals surface area contributed by atoms with E-state index in [2.05, 4.69) is 4.72 Å². The Morgan fingerprint density at radius 3 is 2.69 bits per heavy atom. The van der Waals surface area contributed by atoms with Crippen LogP contribution < -0.4 is 10.5 Å². The summed E-state index contributed by atoms with van der Waals surface area (Å²) in [4.78, 5) is 0.0443. The lowest BCUT2D eigenvalue weighted by atomic mass is 10.2. The molecule has 0 saturated heterocycles. The molecule has 0 aromatic heterocycles. The molecule has 0 atom stereocenters. The Morgan fingerprint density at radius 1 is 1.44 bits per heavy atom. The highest BCUT2D eigenvalue weighted by Gasteiger charge is 2.14. The number of sulfonamides is 1. The van der Waals surface area contributed by atoms with Gasteiger partial charge < -0.3 is 5.73 Å². The predicted molar refractivity (Wildman–Crippen MR) is 59.8 cm³/mol. The van der Waals surface area contributed by atoms with Crippen LogP contribution >= 0.6 is 0 Å². The van der Waals surface area contributed by atoms with Crippen molar-refractivity contribution in [3.63, 3.8) is 0 Å². The SMILES string of the molecule is CCCNS(=O)(=O)c1ccc(F)c(CN)c1. The molecule has 0 spiro atoms. The largest absolute Gasteiger partial charge is 0.326 e. The number of hydrogen-bond donors (Lipinski definition) is 2. The molecule has 0 heterocycles. The highest BCUT2D eigenvalue weighted by molar-refractivity contribution is 7.89. The van der Waals surface area contributed by atoms with Crippen molar-refractivity contribution in [2.45, 2.75) is 24.8 Å². The molecular weight excluding hydrogens is 231 g/mol. The highest BCUT2D eigenvalue weighted by atomic mass is 32.2. The van der Waals surface area contributed by atoms with E-state index in [1.54, 1.807) is 0 Å². The maximum Gasteiger partial charge on any atom is 0.240 e. The first-order valence-electron chi connectivity index (χ1n) is 4.99. The predicted octanol–water partition coefficient (Wildman–Crippen LogP) is 0.973. The Kier molecular flexibility index (Phi) is 4.40. The van der Waals surface area contributed by atoms with Crippen LogP contribution in [0.2, 0.25) is 0 Å². The van der Waals surface area contributed by atoms with Crippen LogP contribution in [0, 0.1) is 5.82 Å². The van der Waals surface area contributed by atoms with E-state index in [9.17, 15) is 12.8 Å². The third-order valence-electron chi connectivity index (χ3n) is 2.09. The van der Waals surface area contributed by atoms with Crippen molar-refractivity contribution < 1.29 is 12.8 Å². The van der Waals surface area contributed by atoms with E-state index in [-0.39, 0.29) is 17.0 Å². The van der Waals surface area contributed by atoms with Gasteiger partial charge in [-0.05, 0) is 24.6 Å². The van der Waals surface area contributed by atoms with Crippen LogP contribution in [0.15, 0.2) is 23.1 Å². The molecule has 1 aromatic carbocycles. The lowest BCUT2D eigenvalue weighted by Crippen LogP contribution is -2.24. The summed E-state index contributed by atoms with van der Waals surface area (Å²) >= 11 is 0. The molecular formula is C10H15FN2O2S. The van der Waals surface area contributed by atoms with Gasteiger partial charge in [0.1, 0.15) is 5.82 Å². The molecule has 1 aromatic rings. The summed E-state index contributed by atoms with van der Waals surface area (Å²) in [6, 6.07) is 3.60. The maximum atomic E-state index is 13.1. The van der Waals surface area contributed by atoms with Crippen LogP contribution in [0.1, 0.15) is 18.9 Å². The van der Waals surface area contributed by atoms with Gasteiger partial charge in [-0.15, -0.1) is 0 Å². The molecule has 0 fully saturated rings. The third-order valence-corrected chi connectivity index (χ3v) is 3.55. The maximum absolute atomic E-state index is 13.1. The van der Waals surface area contributed by atoms with Crippen molar-refractivity contribution in [3.8, 4) is 0 Å². The Morgan fingerprint density at radius 2 is 2.12 bits per heavy atom. The summed E-state index contributed by atoms with van der Waals surface area (Å²) in [5, 5.41) is 0. The van der Waals surface area contributed by atoms with Gasteiger partial charge in [-0.2, -0.15) is 0 Å². The van der Waals surface area contributed by atoms with Crippen molar-refractivity contribution in [3.05, 3.63) is 29.6 Å². The zero-order valence-electron chi connectivity index (χ0n) is 9.03. The molecule has 1 rings (SSSR count). The second kappa shape index (κ2) is 5.38. The van der Waals surface area contributed by atoms with Gasteiger partial charge in [0.15, 0.2) is 0 Å². The second-order valence-corrected chi connectivity index (χ2v) is 5.12. The molecule has 0 aliphatic rings. The van der Waals surface area contributed by atoms with E-state index in [0.717, 1.165) is 6.07 Å². The summed E-state index contributed by atoms with van der Waals surface area (Å²) < 4.78 is 38.9. The number of hydrogen-bond acceptors (Lipinski definition) is 3. The summed E-state index contributed by atoms with van der Waals surface area (Å²) in [6.45, 7) is 2.19. The summed E-state index contributed by atoms with van der Waals surface area (Å²) in [5.74, 6) is -0.489. The smallest absolute Gasteiger partial charge is 0.240 e. The number of halogens is 1. The normalized spacial score (nSPS) is 11.7. The van der Waals surface area contributed by atoms with Gasteiger partial charge in [-0.1, -0.05) is 6.92 Å². The first-order chi connectivity index (χ1) is 7.51. The van der Waals surface area contributed by atoms with Crippen LogP contribution in [0.5, 0.6) is 0 Å². The van der Waals surface area contributed by atoms with E-state index in [4.69, 9.17) is 5.73 Å². The Bertz CT molecular complexity index is 460. The minimum atomic E-state index is -3.54. The average Bonchev–Trinajstić information content (AvgIpc) is 2.27. The number of nitrogens with one attached hydrogen (secondary N) is 1. The van der Waals surface area contributed by atoms with Crippen LogP contribution in [-0.4, -0.2) is 15.0 Å². The molecule has 0 radical (unpaired) electrons. The lowest BCUT2D eigenvalue weighted by Gasteiger charge is -2.07. The third kappa shape index (κ3) is 3.01. The monoisotopic (exact) mass is 246 g/mol. The van der Waals surface area contributed by atoms with E-state index >= 15 is 0 Å². The quantitative estimate of drug-likeness (QED) is 0.813. The van der Waals surface area contributed by atoms with Gasteiger partial charge in [0, 0.05) is 18.7 Å². The highest BCUT2D eigenvalue weighted by Crippen LogP contribution is 2.14. The Balaban J connectivity index is 3.04. The van der Waals surface area contributed by atoms with Gasteiger partial charge in [0.05, 0.1) is 4.90 Å². The number of rotatable bonds is 5. The molecule has 90 valence electrons. The molecule has 0 unspecified atom stereocenters. The molecule has 0 amide bonds. The zero-order valence-corrected chi connectivity index (χ0v) is 9.85. The lowest BCUT2D eigenvalue weighted by molar-refractivity contribution is 0.578. The van der Waals surface area contributed by atoms with Crippen molar-refractivity contribution in [2.24, 2.45) is 5.73 Å². The van der Waals surface area contributed by atoms with Crippen LogP contribution in [0.25, 0.3) is 0 Å². The van der Waals surface area contributed by atoms with Crippen molar-refractivity contribution in [1.82, 2.24) is 4.72 Å². The molecule has 0 saturated carbocycles. The van der Waals surface area contributed by atoms with Gasteiger partial charge in [-0.25, -0.2) is 17.5 Å². The minimum Gasteiger partial charge on any atom is -0.326 e. The molecule has 0 aliphatic carbocycles. The molecule has 0 bridgehead atoms. The number of benzene rings is 1. The summed E-state index contributed by atoms with van der Waals surface area (Å²) in [5.41, 5.74) is 5.50. The van der Waals surface area contributed by atoms with Gasteiger partial charge >= 0.3 is 0 Å². The first-order valence-corrected chi connectivity index (χ1v) is 6.47. The van der Waals surface area contributed by atoms with Crippen molar-refractivity contribution >= 4 is 10.0 Å². The minimum absolute atomic E-state index is 0.0248. The Hall–Kier alpha value is -0.980. The van der Waals surface area contributed by atoms with E-state index in [0.29, 0.717) is 13.0 Å². The fraction of sp³-hybridized carbons (Fsp3) is 0.400. The summed E-state index contributed by atoms with van der Waals surface area (Å²) in [6.07, 6.45) is 0.699. The molecule has 3 N–H and O–H groups in total. The number of nitrogens with two attached hydrogens (primary N) is 1. The van der Waals surface area contributed by atoms with Gasteiger partial charge in [0.25, 0.3) is 0 Å². The van der Waals surface area contributed by atoms with E-state index in [1.807, 2.05) is 6.92 Å². The van der Waals surface area contributed by atoms with Crippen LogP contribution in [0.3, 0.4) is 0 Å². The second-order valence-electron chi connectivity index (χ2n) is 3.36. The van der Waals surface area contributed by atoms with Gasteiger partial charge in [-0.3, -0.25) is 0 Å². The zero-order chi connectivity index (χ0) is 12.2. The first kappa shape index (κ1) is 13.1. The molecule has 6 heteroatoms. The van der Waals surface area contributed by atoms with Crippen LogP contribution in [0.4, 0.5) is 4.39 Å².